The smallest absolute Gasteiger partial charge is 0.419 e. The number of carbonyl (C=O) groups is 3. The van der Waals surface area contributed by atoms with Crippen molar-refractivity contribution in [2.24, 2.45) is 11.8 Å². The molecule has 0 bridgehead atoms. The molecule has 1 aliphatic carbocycles. The van der Waals surface area contributed by atoms with Gasteiger partial charge >= 0.3 is 18.2 Å². The molecule has 2 aromatic heterocycles. The van der Waals surface area contributed by atoms with Gasteiger partial charge in [0.15, 0.2) is 0 Å². The van der Waals surface area contributed by atoms with Crippen LogP contribution >= 0.6 is 0 Å². The van der Waals surface area contributed by atoms with Crippen molar-refractivity contribution in [3.63, 3.8) is 0 Å². The predicted molar refractivity (Wildman–Crippen MR) is 136 cm³/mol. The third-order valence-electron chi connectivity index (χ3n) is 6.30. The van der Waals surface area contributed by atoms with E-state index in [-0.39, 0.29) is 18.4 Å². The van der Waals surface area contributed by atoms with Gasteiger partial charge in [0.2, 0.25) is 0 Å². The lowest BCUT2D eigenvalue weighted by Crippen LogP contribution is -2.45. The zero-order valence-corrected chi connectivity index (χ0v) is 22.7. The third-order valence-corrected chi connectivity index (χ3v) is 6.30. The number of imide groups is 1. The Morgan fingerprint density at radius 1 is 1.11 bits per heavy atom. The van der Waals surface area contributed by atoms with Crippen LogP contribution in [0, 0.1) is 11.8 Å². The lowest BCUT2D eigenvalue weighted by atomic mass is 9.92. The van der Waals surface area contributed by atoms with E-state index in [0.29, 0.717) is 30.8 Å². The van der Waals surface area contributed by atoms with Gasteiger partial charge in [-0.05, 0) is 78.4 Å². The zero-order chi connectivity index (χ0) is 27.6. The summed E-state index contributed by atoms with van der Waals surface area (Å²) >= 11 is 0. The van der Waals surface area contributed by atoms with E-state index in [0.717, 1.165) is 4.90 Å². The summed E-state index contributed by atoms with van der Waals surface area (Å²) in [5.41, 5.74) is -2.22. The molecule has 2 amide bonds. The molecule has 3 rings (SSSR count). The van der Waals surface area contributed by atoms with Crippen molar-refractivity contribution in [2.75, 3.05) is 6.54 Å². The molecule has 0 aromatic carbocycles. The van der Waals surface area contributed by atoms with Crippen LogP contribution in [0.5, 0.6) is 0 Å². The monoisotopic (exact) mass is 514 g/mol. The lowest BCUT2D eigenvalue weighted by Gasteiger charge is -2.30. The molecule has 0 spiro atoms. The van der Waals surface area contributed by atoms with Crippen LogP contribution in [0.2, 0.25) is 0 Å². The standard InChI is InChI=1S/C27H38N4O6/c1-8-18(15-31(23(34)36-25(2,3)4)24(35)37-26(5,6)7)13-19-14-27(19,22(32)33)20-16-30(17-29-20)21-11-9-10-12-28-21/h9-12,16-19H,8,13-15H2,1-7H3,(H,32,33)/t18-,19+,27-/m0/s1. The molecule has 0 saturated heterocycles. The summed E-state index contributed by atoms with van der Waals surface area (Å²) in [5, 5.41) is 10.2. The first-order chi connectivity index (χ1) is 17.2. The highest BCUT2D eigenvalue weighted by Crippen LogP contribution is 2.57. The van der Waals surface area contributed by atoms with E-state index in [1.54, 1.807) is 70.9 Å². The molecule has 202 valence electrons. The molecule has 3 atom stereocenters. The van der Waals surface area contributed by atoms with Crippen molar-refractivity contribution < 1.29 is 29.0 Å². The largest absolute Gasteiger partial charge is 0.481 e. The molecule has 2 heterocycles. The highest BCUT2D eigenvalue weighted by molar-refractivity contribution is 5.88. The van der Waals surface area contributed by atoms with Crippen LogP contribution in [0.1, 0.15) is 73.4 Å². The SMILES string of the molecule is CC[C@@H](C[C@@H]1C[C@@]1(C(=O)O)c1cn(-c2ccccn2)cn1)CN(C(=O)OC(C)(C)C)C(=O)OC(C)(C)C. The second-order valence-electron chi connectivity index (χ2n) is 11.6. The van der Waals surface area contributed by atoms with Gasteiger partial charge in [0.05, 0.1) is 5.69 Å². The number of carboxylic acid groups (broad SMARTS) is 1. The summed E-state index contributed by atoms with van der Waals surface area (Å²) in [6.45, 7) is 12.4. The quantitative estimate of drug-likeness (QED) is 0.510. The number of imidazole rings is 1. The van der Waals surface area contributed by atoms with Crippen molar-refractivity contribution in [3.05, 3.63) is 42.6 Å². The van der Waals surface area contributed by atoms with Crippen LogP contribution in [0.4, 0.5) is 9.59 Å². The number of hydrogen-bond donors (Lipinski definition) is 1. The molecule has 10 heteroatoms. The number of pyridine rings is 1. The third kappa shape index (κ3) is 6.87. The van der Waals surface area contributed by atoms with Crippen LogP contribution in [-0.4, -0.2) is 60.4 Å². The molecule has 2 aromatic rings. The highest BCUT2D eigenvalue weighted by Gasteiger charge is 2.63. The molecule has 0 radical (unpaired) electrons. The summed E-state index contributed by atoms with van der Waals surface area (Å²) in [4.78, 5) is 48.0. The van der Waals surface area contributed by atoms with Gasteiger partial charge in [0, 0.05) is 18.9 Å². The maximum atomic E-state index is 12.9. The van der Waals surface area contributed by atoms with Crippen LogP contribution in [0.15, 0.2) is 36.9 Å². The van der Waals surface area contributed by atoms with Crippen molar-refractivity contribution in [3.8, 4) is 5.82 Å². The second kappa shape index (κ2) is 10.5. The first-order valence-electron chi connectivity index (χ1n) is 12.6. The van der Waals surface area contributed by atoms with Crippen molar-refractivity contribution in [1.29, 1.82) is 0 Å². The molecular weight excluding hydrogens is 476 g/mol. The number of amides is 2. The number of carbonyl (C=O) groups excluding carboxylic acids is 2. The molecule has 37 heavy (non-hydrogen) atoms. The van der Waals surface area contributed by atoms with Gasteiger partial charge in [-0.3, -0.25) is 9.36 Å². The first-order valence-corrected chi connectivity index (χ1v) is 12.6. The summed E-state index contributed by atoms with van der Waals surface area (Å²) in [6.07, 6.45) is 4.95. The predicted octanol–water partition coefficient (Wildman–Crippen LogP) is 5.20. The molecule has 0 aliphatic heterocycles. The average Bonchev–Trinajstić information content (AvgIpc) is 3.29. The average molecular weight is 515 g/mol. The Morgan fingerprint density at radius 2 is 1.73 bits per heavy atom. The zero-order valence-electron chi connectivity index (χ0n) is 22.7. The number of rotatable bonds is 8. The van der Waals surface area contributed by atoms with Crippen molar-refractivity contribution >= 4 is 18.2 Å². The number of nitrogens with zero attached hydrogens (tertiary/aromatic N) is 4. The van der Waals surface area contributed by atoms with Gasteiger partial charge in [-0.15, -0.1) is 0 Å². The summed E-state index contributed by atoms with van der Waals surface area (Å²) in [6, 6.07) is 5.47. The van der Waals surface area contributed by atoms with E-state index in [9.17, 15) is 19.5 Å². The topological polar surface area (TPSA) is 124 Å². The van der Waals surface area contributed by atoms with Crippen LogP contribution in [0.3, 0.4) is 0 Å². The molecule has 10 nitrogen and oxygen atoms in total. The van der Waals surface area contributed by atoms with Crippen LogP contribution in [-0.2, 0) is 19.7 Å². The van der Waals surface area contributed by atoms with Crippen molar-refractivity contribution in [2.45, 2.75) is 84.3 Å². The van der Waals surface area contributed by atoms with E-state index in [1.165, 1.54) is 0 Å². The molecule has 1 fully saturated rings. The fourth-order valence-electron chi connectivity index (χ4n) is 4.37. The molecule has 1 saturated carbocycles. The van der Waals surface area contributed by atoms with Gasteiger partial charge in [0.1, 0.15) is 28.8 Å². The van der Waals surface area contributed by atoms with Crippen molar-refractivity contribution in [1.82, 2.24) is 19.4 Å². The Kier molecular flexibility index (Phi) is 8.00. The molecule has 1 aliphatic rings. The maximum absolute atomic E-state index is 12.9. The van der Waals surface area contributed by atoms with Gasteiger partial charge in [-0.2, -0.15) is 0 Å². The fourth-order valence-corrected chi connectivity index (χ4v) is 4.37. The Hall–Kier alpha value is -3.43. The summed E-state index contributed by atoms with van der Waals surface area (Å²) in [5.74, 6) is -0.629. The lowest BCUT2D eigenvalue weighted by molar-refractivity contribution is -0.140. The van der Waals surface area contributed by atoms with Gasteiger partial charge in [-0.25, -0.2) is 24.5 Å². The Labute approximate surface area is 218 Å². The number of ether oxygens (including phenoxy) is 2. The second-order valence-corrected chi connectivity index (χ2v) is 11.6. The van der Waals surface area contributed by atoms with Crippen LogP contribution in [0.25, 0.3) is 5.82 Å². The van der Waals surface area contributed by atoms with Crippen LogP contribution < -0.4 is 0 Å². The molecular formula is C27H38N4O6. The Morgan fingerprint density at radius 3 is 2.22 bits per heavy atom. The normalized spacial score (nSPS) is 20.1. The molecule has 0 unspecified atom stereocenters. The minimum atomic E-state index is -1.11. The minimum absolute atomic E-state index is 0.0644. The maximum Gasteiger partial charge on any atom is 0.419 e. The summed E-state index contributed by atoms with van der Waals surface area (Å²) in [7, 11) is 0. The number of carboxylic acids is 1. The Bertz CT molecular complexity index is 1090. The van der Waals surface area contributed by atoms with E-state index >= 15 is 0 Å². The van der Waals surface area contributed by atoms with E-state index in [1.807, 2.05) is 19.1 Å². The van der Waals surface area contributed by atoms with Gasteiger partial charge in [0.25, 0.3) is 0 Å². The van der Waals surface area contributed by atoms with Gasteiger partial charge in [-0.1, -0.05) is 19.4 Å². The highest BCUT2D eigenvalue weighted by atomic mass is 16.6. The summed E-state index contributed by atoms with van der Waals surface area (Å²) < 4.78 is 12.6. The van der Waals surface area contributed by atoms with E-state index in [4.69, 9.17) is 9.47 Å². The fraction of sp³-hybridized carbons (Fsp3) is 0.593. The minimum Gasteiger partial charge on any atom is -0.481 e. The van der Waals surface area contributed by atoms with Gasteiger partial charge < -0.3 is 14.6 Å². The number of aliphatic carboxylic acids is 1. The first kappa shape index (κ1) is 28.1. The van der Waals surface area contributed by atoms with E-state index < -0.39 is 34.8 Å². The van der Waals surface area contributed by atoms with E-state index in [2.05, 4.69) is 9.97 Å². The number of aromatic nitrogens is 3. The number of hydrogen-bond acceptors (Lipinski definition) is 7. The Balaban J connectivity index is 1.78. The molecule has 1 N–H and O–H groups in total.